The molecule has 0 aliphatic heterocycles. The maximum Gasteiger partial charge on any atom is 0.258 e. The number of nitrogens with one attached hydrogen (secondary N) is 2. The molecule has 5 rings (SSSR count). The molecule has 0 saturated carbocycles. The van der Waals surface area contributed by atoms with Gasteiger partial charge in [0.15, 0.2) is 6.61 Å². The summed E-state index contributed by atoms with van der Waals surface area (Å²) in [6.45, 7) is 0.524. The molecule has 1 heterocycles. The number of aryl methyl sites for hydroxylation is 2. The molecule has 0 unspecified atom stereocenters. The van der Waals surface area contributed by atoms with Gasteiger partial charge >= 0.3 is 0 Å². The van der Waals surface area contributed by atoms with Crippen molar-refractivity contribution in [3.8, 4) is 5.75 Å². The molecular formula is C25H24N2O2. The highest BCUT2D eigenvalue weighted by atomic mass is 16.5. The van der Waals surface area contributed by atoms with Crippen LogP contribution in [-0.4, -0.2) is 17.5 Å². The van der Waals surface area contributed by atoms with Crippen molar-refractivity contribution in [3.05, 3.63) is 77.5 Å². The monoisotopic (exact) mass is 384 g/mol. The van der Waals surface area contributed by atoms with Crippen LogP contribution >= 0.6 is 0 Å². The van der Waals surface area contributed by atoms with Gasteiger partial charge in [-0.15, -0.1) is 0 Å². The number of amides is 1. The number of H-pyrrole nitrogens is 1. The van der Waals surface area contributed by atoms with E-state index >= 15 is 0 Å². The van der Waals surface area contributed by atoms with Gasteiger partial charge in [-0.05, 0) is 71.8 Å². The van der Waals surface area contributed by atoms with E-state index in [1.807, 2.05) is 36.4 Å². The molecule has 0 radical (unpaired) electrons. The van der Waals surface area contributed by atoms with Gasteiger partial charge in [-0.1, -0.05) is 36.4 Å². The molecule has 0 fully saturated rings. The summed E-state index contributed by atoms with van der Waals surface area (Å²) >= 11 is 0. The number of ether oxygens (including phenoxy) is 1. The second-order valence-corrected chi connectivity index (χ2v) is 7.74. The first-order valence-electron chi connectivity index (χ1n) is 10.3. The standard InChI is InChI=1S/C25H24N2O2/c28-25(16-29-20-11-10-18-5-1-2-6-19(18)14-20)26-15-17-9-12-24-22(13-17)21-7-3-4-8-23(21)27-24/h1-2,5-6,9-14,27H,3-4,7-8,15-16H2,(H,26,28). The summed E-state index contributed by atoms with van der Waals surface area (Å²) in [6.07, 6.45) is 4.81. The highest BCUT2D eigenvalue weighted by molar-refractivity contribution is 5.86. The molecule has 0 bridgehead atoms. The lowest BCUT2D eigenvalue weighted by Gasteiger charge is -2.11. The van der Waals surface area contributed by atoms with E-state index in [9.17, 15) is 4.79 Å². The lowest BCUT2D eigenvalue weighted by Crippen LogP contribution is -2.28. The number of benzene rings is 3. The first kappa shape index (κ1) is 17.8. The van der Waals surface area contributed by atoms with Gasteiger partial charge in [-0.3, -0.25) is 4.79 Å². The molecule has 1 aromatic heterocycles. The van der Waals surface area contributed by atoms with Gasteiger partial charge in [-0.25, -0.2) is 0 Å². The number of aromatic nitrogens is 1. The number of fused-ring (bicyclic) bond motifs is 4. The smallest absolute Gasteiger partial charge is 0.258 e. The zero-order valence-corrected chi connectivity index (χ0v) is 16.3. The fourth-order valence-corrected chi connectivity index (χ4v) is 4.22. The second kappa shape index (κ2) is 7.63. The minimum atomic E-state index is -0.116. The molecule has 1 aliphatic carbocycles. The number of hydrogen-bond acceptors (Lipinski definition) is 2. The third kappa shape index (κ3) is 3.70. The molecular weight excluding hydrogens is 360 g/mol. The number of aromatic amines is 1. The summed E-state index contributed by atoms with van der Waals surface area (Å²) in [7, 11) is 0. The Morgan fingerprint density at radius 3 is 2.76 bits per heavy atom. The first-order valence-corrected chi connectivity index (χ1v) is 10.3. The summed E-state index contributed by atoms with van der Waals surface area (Å²) in [5.41, 5.74) is 5.16. The third-order valence-electron chi connectivity index (χ3n) is 5.74. The average molecular weight is 384 g/mol. The second-order valence-electron chi connectivity index (χ2n) is 7.74. The van der Waals surface area contributed by atoms with E-state index in [1.54, 1.807) is 0 Å². The van der Waals surface area contributed by atoms with Crippen LogP contribution < -0.4 is 10.1 Å². The van der Waals surface area contributed by atoms with Gasteiger partial charge in [-0.2, -0.15) is 0 Å². The topological polar surface area (TPSA) is 54.1 Å². The summed E-state index contributed by atoms with van der Waals surface area (Å²) < 4.78 is 5.68. The summed E-state index contributed by atoms with van der Waals surface area (Å²) in [5.74, 6) is 0.591. The highest BCUT2D eigenvalue weighted by Gasteiger charge is 2.15. The maximum atomic E-state index is 12.3. The highest BCUT2D eigenvalue weighted by Crippen LogP contribution is 2.29. The van der Waals surface area contributed by atoms with E-state index < -0.39 is 0 Å². The zero-order chi connectivity index (χ0) is 19.6. The number of hydrogen-bond donors (Lipinski definition) is 2. The molecule has 1 aliphatic rings. The normalized spacial score (nSPS) is 13.4. The summed E-state index contributed by atoms with van der Waals surface area (Å²) in [4.78, 5) is 15.8. The third-order valence-corrected chi connectivity index (χ3v) is 5.74. The molecule has 3 aromatic carbocycles. The summed E-state index contributed by atoms with van der Waals surface area (Å²) in [6, 6.07) is 20.4. The Morgan fingerprint density at radius 2 is 1.83 bits per heavy atom. The van der Waals surface area contributed by atoms with Crippen molar-refractivity contribution in [1.29, 1.82) is 0 Å². The summed E-state index contributed by atoms with van der Waals surface area (Å²) in [5, 5.41) is 6.54. The van der Waals surface area contributed by atoms with Crippen molar-refractivity contribution in [3.63, 3.8) is 0 Å². The van der Waals surface area contributed by atoms with Crippen molar-refractivity contribution >= 4 is 27.6 Å². The Bertz CT molecular complexity index is 1190. The molecule has 4 nitrogen and oxygen atoms in total. The van der Waals surface area contributed by atoms with Crippen LogP contribution in [0.1, 0.15) is 29.7 Å². The molecule has 0 spiro atoms. The minimum absolute atomic E-state index is 0.0140. The molecule has 146 valence electrons. The number of carbonyl (C=O) groups excluding carboxylic acids is 1. The van der Waals surface area contributed by atoms with Crippen LogP contribution in [0.3, 0.4) is 0 Å². The van der Waals surface area contributed by atoms with Crippen molar-refractivity contribution in [2.45, 2.75) is 32.2 Å². The van der Waals surface area contributed by atoms with E-state index in [1.165, 1.54) is 35.0 Å². The zero-order valence-electron chi connectivity index (χ0n) is 16.3. The van der Waals surface area contributed by atoms with Crippen molar-refractivity contribution in [2.24, 2.45) is 0 Å². The van der Waals surface area contributed by atoms with Gasteiger partial charge in [0.05, 0.1) is 0 Å². The number of carbonyl (C=O) groups is 1. The molecule has 4 heteroatoms. The van der Waals surface area contributed by atoms with Crippen LogP contribution in [0, 0.1) is 0 Å². The van der Waals surface area contributed by atoms with Crippen LogP contribution in [0.2, 0.25) is 0 Å². The quantitative estimate of drug-likeness (QED) is 0.514. The van der Waals surface area contributed by atoms with E-state index in [2.05, 4.69) is 34.6 Å². The van der Waals surface area contributed by atoms with E-state index in [4.69, 9.17) is 4.74 Å². The van der Waals surface area contributed by atoms with E-state index in [0.29, 0.717) is 12.3 Å². The van der Waals surface area contributed by atoms with Gasteiger partial charge in [0.2, 0.25) is 0 Å². The largest absolute Gasteiger partial charge is 0.484 e. The average Bonchev–Trinajstić information content (AvgIpc) is 3.14. The number of rotatable bonds is 5. The van der Waals surface area contributed by atoms with Crippen molar-refractivity contribution in [1.82, 2.24) is 10.3 Å². The van der Waals surface area contributed by atoms with Crippen molar-refractivity contribution in [2.75, 3.05) is 6.61 Å². The predicted octanol–water partition coefficient (Wildman–Crippen LogP) is 4.90. The van der Waals surface area contributed by atoms with Gasteiger partial charge in [0, 0.05) is 23.1 Å². The Morgan fingerprint density at radius 1 is 0.966 bits per heavy atom. The molecule has 4 aromatic rings. The van der Waals surface area contributed by atoms with Gasteiger partial charge < -0.3 is 15.0 Å². The predicted molar refractivity (Wildman–Crippen MR) is 116 cm³/mol. The van der Waals surface area contributed by atoms with Crippen LogP contribution in [-0.2, 0) is 24.2 Å². The van der Waals surface area contributed by atoms with Gasteiger partial charge in [0.25, 0.3) is 5.91 Å². The van der Waals surface area contributed by atoms with Crippen LogP contribution in [0.5, 0.6) is 5.75 Å². The fourth-order valence-electron chi connectivity index (χ4n) is 4.22. The lowest BCUT2D eigenvalue weighted by molar-refractivity contribution is -0.123. The van der Waals surface area contributed by atoms with Crippen molar-refractivity contribution < 1.29 is 9.53 Å². The Kier molecular flexibility index (Phi) is 4.68. The van der Waals surface area contributed by atoms with E-state index in [0.717, 1.165) is 29.2 Å². The maximum absolute atomic E-state index is 12.3. The van der Waals surface area contributed by atoms with Gasteiger partial charge in [0.1, 0.15) is 5.75 Å². The molecule has 29 heavy (non-hydrogen) atoms. The Labute approximate surface area is 169 Å². The first-order chi connectivity index (χ1) is 14.3. The molecule has 1 amide bonds. The fraction of sp³-hybridized carbons (Fsp3) is 0.240. The molecule has 0 saturated heterocycles. The molecule has 0 atom stereocenters. The SMILES string of the molecule is O=C(COc1ccc2ccccc2c1)NCc1ccc2[nH]c3c(c2c1)CCCC3. The van der Waals surface area contributed by atoms with Crippen LogP contribution in [0.4, 0.5) is 0 Å². The minimum Gasteiger partial charge on any atom is -0.484 e. The van der Waals surface area contributed by atoms with Crippen LogP contribution in [0.25, 0.3) is 21.7 Å². The molecule has 2 N–H and O–H groups in total. The Hall–Kier alpha value is -3.27. The Balaban J connectivity index is 1.21. The lowest BCUT2D eigenvalue weighted by atomic mass is 9.95. The van der Waals surface area contributed by atoms with Crippen LogP contribution in [0.15, 0.2) is 60.7 Å². The van der Waals surface area contributed by atoms with E-state index in [-0.39, 0.29) is 12.5 Å².